The molecule has 2 N–H and O–H groups in total. The van der Waals surface area contributed by atoms with Crippen LogP contribution in [0.3, 0.4) is 0 Å². The highest BCUT2D eigenvalue weighted by atomic mass is 16.3. The van der Waals surface area contributed by atoms with Crippen molar-refractivity contribution in [2.45, 2.75) is 70.2 Å². The Morgan fingerprint density at radius 3 is 2.50 bits per heavy atom. The van der Waals surface area contributed by atoms with Crippen LogP contribution in [0.4, 0.5) is 0 Å². The van der Waals surface area contributed by atoms with Crippen molar-refractivity contribution >= 4 is 0 Å². The van der Waals surface area contributed by atoms with E-state index in [1.165, 1.54) is 12.8 Å². The fraction of sp³-hybridized carbons (Fsp3) is 0.846. The molecule has 2 saturated heterocycles. The Kier molecular flexibility index (Phi) is 3.11. The average Bonchev–Trinajstić information content (AvgIpc) is 2.92. The van der Waals surface area contributed by atoms with Crippen LogP contribution in [0.1, 0.15) is 63.1 Å². The smallest absolute Gasteiger partial charge is 0.159 e. The van der Waals surface area contributed by atoms with Crippen molar-refractivity contribution < 1.29 is 5.11 Å². The Morgan fingerprint density at radius 2 is 1.94 bits per heavy atom. The molecule has 2 bridgehead atoms. The fourth-order valence-corrected chi connectivity index (χ4v) is 3.47. The van der Waals surface area contributed by atoms with Crippen LogP contribution in [0.2, 0.25) is 0 Å². The van der Waals surface area contributed by atoms with Crippen molar-refractivity contribution in [3.63, 3.8) is 0 Å². The largest absolute Gasteiger partial charge is 0.388 e. The Balaban J connectivity index is 1.92. The first kappa shape index (κ1) is 12.1. The summed E-state index contributed by atoms with van der Waals surface area (Å²) in [5.41, 5.74) is 0. The number of nitrogens with zero attached hydrogens (tertiary/aromatic N) is 3. The van der Waals surface area contributed by atoms with E-state index in [9.17, 15) is 5.11 Å². The van der Waals surface area contributed by atoms with Crippen LogP contribution >= 0.6 is 0 Å². The second-order valence-corrected chi connectivity index (χ2v) is 5.92. The lowest BCUT2D eigenvalue weighted by Crippen LogP contribution is -2.39. The highest BCUT2D eigenvalue weighted by molar-refractivity contribution is 5.05. The molecule has 18 heavy (non-hydrogen) atoms. The van der Waals surface area contributed by atoms with Crippen LogP contribution in [0, 0.1) is 0 Å². The molecule has 2 aliphatic heterocycles. The van der Waals surface area contributed by atoms with Gasteiger partial charge in [0.2, 0.25) is 0 Å². The Labute approximate surface area is 108 Å². The minimum absolute atomic E-state index is 0.0149. The molecule has 3 rings (SSSR count). The number of nitrogens with one attached hydrogen (secondary N) is 1. The van der Waals surface area contributed by atoms with E-state index in [4.69, 9.17) is 0 Å². The van der Waals surface area contributed by atoms with Crippen LogP contribution < -0.4 is 5.32 Å². The normalized spacial score (nSPS) is 31.2. The third-order valence-electron chi connectivity index (χ3n) is 4.26. The number of rotatable bonds is 3. The number of aromatic nitrogens is 3. The van der Waals surface area contributed by atoms with Gasteiger partial charge in [-0.3, -0.25) is 0 Å². The molecule has 0 aliphatic carbocycles. The molecular weight excluding hydrogens is 228 g/mol. The number of piperidine rings is 1. The van der Waals surface area contributed by atoms with Gasteiger partial charge in [0.15, 0.2) is 5.82 Å². The van der Waals surface area contributed by atoms with Crippen molar-refractivity contribution in [3.05, 3.63) is 11.6 Å². The third kappa shape index (κ3) is 1.95. The van der Waals surface area contributed by atoms with Crippen LogP contribution in [0.15, 0.2) is 0 Å². The summed E-state index contributed by atoms with van der Waals surface area (Å²) >= 11 is 0. The second-order valence-electron chi connectivity index (χ2n) is 5.92. The van der Waals surface area contributed by atoms with Gasteiger partial charge in [0.25, 0.3) is 0 Å². The van der Waals surface area contributed by atoms with Gasteiger partial charge in [-0.05, 0) is 25.7 Å². The number of hydrogen-bond acceptors (Lipinski definition) is 4. The molecule has 1 aromatic heterocycles. The van der Waals surface area contributed by atoms with Gasteiger partial charge >= 0.3 is 0 Å². The lowest BCUT2D eigenvalue weighted by atomic mass is 9.98. The lowest BCUT2D eigenvalue weighted by molar-refractivity contribution is 0.239. The lowest BCUT2D eigenvalue weighted by Gasteiger charge is -2.31. The van der Waals surface area contributed by atoms with E-state index in [-0.39, 0.29) is 6.61 Å². The van der Waals surface area contributed by atoms with Crippen molar-refractivity contribution in [2.24, 2.45) is 0 Å². The Morgan fingerprint density at radius 1 is 1.28 bits per heavy atom. The zero-order valence-corrected chi connectivity index (χ0v) is 11.1. The fourth-order valence-electron chi connectivity index (χ4n) is 3.47. The first-order valence-electron chi connectivity index (χ1n) is 6.99. The molecule has 5 heteroatoms. The van der Waals surface area contributed by atoms with Gasteiger partial charge in [0.1, 0.15) is 12.4 Å². The first-order valence-corrected chi connectivity index (χ1v) is 6.99. The maximum absolute atomic E-state index is 9.45. The zero-order chi connectivity index (χ0) is 12.7. The molecule has 2 atom stereocenters. The Bertz CT molecular complexity index is 417. The summed E-state index contributed by atoms with van der Waals surface area (Å²) < 4.78 is 2.21. The minimum atomic E-state index is -0.0149. The van der Waals surface area contributed by atoms with Crippen LogP contribution in [-0.4, -0.2) is 32.0 Å². The van der Waals surface area contributed by atoms with Gasteiger partial charge in [-0.2, -0.15) is 0 Å². The van der Waals surface area contributed by atoms with Gasteiger partial charge in [-0.15, -0.1) is 10.2 Å². The van der Waals surface area contributed by atoms with Gasteiger partial charge < -0.3 is 15.0 Å². The summed E-state index contributed by atoms with van der Waals surface area (Å²) in [5, 5.41) is 21.5. The molecule has 1 aromatic rings. The molecule has 0 amide bonds. The van der Waals surface area contributed by atoms with E-state index in [2.05, 4.69) is 33.9 Å². The summed E-state index contributed by atoms with van der Waals surface area (Å²) in [6, 6.07) is 1.74. The van der Waals surface area contributed by atoms with Crippen molar-refractivity contribution in [1.29, 1.82) is 0 Å². The molecular formula is C13H22N4O. The maximum Gasteiger partial charge on any atom is 0.159 e. The summed E-state index contributed by atoms with van der Waals surface area (Å²) in [5.74, 6) is 2.10. The molecule has 100 valence electrons. The van der Waals surface area contributed by atoms with Gasteiger partial charge in [0.05, 0.1) is 0 Å². The molecule has 0 saturated carbocycles. The second kappa shape index (κ2) is 4.63. The van der Waals surface area contributed by atoms with Gasteiger partial charge in [-0.1, -0.05) is 13.8 Å². The molecule has 0 aromatic carbocycles. The first-order chi connectivity index (χ1) is 8.69. The van der Waals surface area contributed by atoms with Crippen molar-refractivity contribution in [3.8, 4) is 0 Å². The molecule has 0 radical (unpaired) electrons. The highest BCUT2D eigenvalue weighted by Gasteiger charge is 2.36. The summed E-state index contributed by atoms with van der Waals surface area (Å²) in [7, 11) is 0. The molecule has 0 spiro atoms. The molecule has 2 fully saturated rings. The quantitative estimate of drug-likeness (QED) is 0.850. The number of hydrogen-bond donors (Lipinski definition) is 2. The molecule has 3 heterocycles. The van der Waals surface area contributed by atoms with Crippen molar-refractivity contribution in [1.82, 2.24) is 20.1 Å². The van der Waals surface area contributed by atoms with E-state index in [0.717, 1.165) is 24.5 Å². The minimum Gasteiger partial charge on any atom is -0.388 e. The zero-order valence-electron chi connectivity index (χ0n) is 11.1. The van der Waals surface area contributed by atoms with E-state index < -0.39 is 0 Å². The highest BCUT2D eigenvalue weighted by Crippen LogP contribution is 2.36. The number of aliphatic hydroxyl groups is 1. The predicted octanol–water partition coefficient (Wildman–Crippen LogP) is 1.35. The Hall–Kier alpha value is -0.940. The van der Waals surface area contributed by atoms with Gasteiger partial charge in [-0.25, -0.2) is 0 Å². The van der Waals surface area contributed by atoms with Crippen LogP contribution in [0.25, 0.3) is 0 Å². The third-order valence-corrected chi connectivity index (χ3v) is 4.26. The van der Waals surface area contributed by atoms with E-state index >= 15 is 0 Å². The standard InChI is InChI=1S/C13H22N4O/c1-8(2)13-16-15-12(7-18)17(13)11-5-9-3-4-10(6-11)14-9/h8-11,14,18H,3-7H2,1-2H3. The SMILES string of the molecule is CC(C)c1nnc(CO)n1C1CC2CCC(C1)N2. The summed E-state index contributed by atoms with van der Waals surface area (Å²) in [6.07, 6.45) is 4.85. The topological polar surface area (TPSA) is 63.0 Å². The van der Waals surface area contributed by atoms with Crippen LogP contribution in [-0.2, 0) is 6.61 Å². The number of aliphatic hydroxyl groups excluding tert-OH is 1. The van der Waals surface area contributed by atoms with E-state index in [1.54, 1.807) is 0 Å². The summed E-state index contributed by atoms with van der Waals surface area (Å²) in [4.78, 5) is 0. The van der Waals surface area contributed by atoms with Gasteiger partial charge in [0, 0.05) is 24.0 Å². The predicted molar refractivity (Wildman–Crippen MR) is 68.3 cm³/mol. The maximum atomic E-state index is 9.45. The van der Waals surface area contributed by atoms with E-state index in [1.807, 2.05) is 0 Å². The molecule has 2 unspecified atom stereocenters. The average molecular weight is 250 g/mol. The van der Waals surface area contributed by atoms with Crippen LogP contribution in [0.5, 0.6) is 0 Å². The summed E-state index contributed by atoms with van der Waals surface area (Å²) in [6.45, 7) is 4.26. The van der Waals surface area contributed by atoms with Crippen molar-refractivity contribution in [2.75, 3.05) is 0 Å². The molecule has 5 nitrogen and oxygen atoms in total. The van der Waals surface area contributed by atoms with E-state index in [0.29, 0.717) is 24.0 Å². The molecule has 2 aliphatic rings. The number of fused-ring (bicyclic) bond motifs is 2. The monoisotopic (exact) mass is 250 g/mol.